The fraction of sp³-hybridized carbons (Fsp3) is 0.667. The van der Waals surface area contributed by atoms with Crippen LogP contribution in [0.25, 0.3) is 0 Å². The summed E-state index contributed by atoms with van der Waals surface area (Å²) in [5.74, 6) is 1.01. The molecular formula is C18H29N3. The van der Waals surface area contributed by atoms with Crippen LogP contribution in [0.1, 0.15) is 35.6 Å². The predicted octanol–water partition coefficient (Wildman–Crippen LogP) is 2.33. The van der Waals surface area contributed by atoms with Crippen LogP contribution in [-0.4, -0.2) is 49.1 Å². The molecule has 0 aromatic heterocycles. The highest BCUT2D eigenvalue weighted by Gasteiger charge is 2.26. The summed E-state index contributed by atoms with van der Waals surface area (Å²) in [4.78, 5) is 5.17. The second kappa shape index (κ2) is 6.47. The summed E-state index contributed by atoms with van der Waals surface area (Å²) < 4.78 is 0. The van der Waals surface area contributed by atoms with Gasteiger partial charge in [0.15, 0.2) is 0 Å². The highest BCUT2D eigenvalue weighted by Crippen LogP contribution is 2.30. The number of hydrogen-bond donors (Lipinski definition) is 1. The van der Waals surface area contributed by atoms with Gasteiger partial charge in [-0.15, -0.1) is 0 Å². The van der Waals surface area contributed by atoms with Gasteiger partial charge in [0.2, 0.25) is 0 Å². The van der Waals surface area contributed by atoms with Crippen molar-refractivity contribution in [3.8, 4) is 0 Å². The Balaban J connectivity index is 1.51. The van der Waals surface area contributed by atoms with Crippen molar-refractivity contribution >= 4 is 0 Å². The van der Waals surface area contributed by atoms with Crippen molar-refractivity contribution in [2.24, 2.45) is 11.7 Å². The van der Waals surface area contributed by atoms with Gasteiger partial charge < -0.3 is 10.6 Å². The summed E-state index contributed by atoms with van der Waals surface area (Å²) in [5.41, 5.74) is 10.4. The third kappa shape index (κ3) is 4.06. The summed E-state index contributed by atoms with van der Waals surface area (Å²) in [6.07, 6.45) is 2.91. The Labute approximate surface area is 129 Å². The average Bonchev–Trinajstić information content (AvgIpc) is 3.27. The van der Waals surface area contributed by atoms with E-state index in [9.17, 15) is 0 Å². The Morgan fingerprint density at radius 3 is 2.43 bits per heavy atom. The zero-order valence-electron chi connectivity index (χ0n) is 13.5. The molecule has 2 fully saturated rings. The van der Waals surface area contributed by atoms with Gasteiger partial charge in [-0.3, -0.25) is 4.90 Å². The Kier molecular flexibility index (Phi) is 4.63. The van der Waals surface area contributed by atoms with E-state index >= 15 is 0 Å². The molecule has 3 nitrogen and oxygen atoms in total. The molecule has 1 heterocycles. The quantitative estimate of drug-likeness (QED) is 0.902. The first kappa shape index (κ1) is 15.0. The van der Waals surface area contributed by atoms with Crippen LogP contribution in [0.5, 0.6) is 0 Å². The van der Waals surface area contributed by atoms with Crippen LogP contribution in [0.15, 0.2) is 18.2 Å². The number of aryl methyl sites for hydroxylation is 2. The average molecular weight is 287 g/mol. The minimum atomic E-state index is 0.139. The van der Waals surface area contributed by atoms with Crippen LogP contribution in [0.3, 0.4) is 0 Å². The minimum absolute atomic E-state index is 0.139. The molecule has 1 atom stereocenters. The number of nitrogens with two attached hydrogens (primary N) is 1. The largest absolute Gasteiger partial charge is 0.323 e. The van der Waals surface area contributed by atoms with E-state index < -0.39 is 0 Å². The highest BCUT2D eigenvalue weighted by atomic mass is 15.3. The third-order valence-electron chi connectivity index (χ3n) is 4.97. The van der Waals surface area contributed by atoms with Gasteiger partial charge in [-0.2, -0.15) is 0 Å². The van der Waals surface area contributed by atoms with Crippen molar-refractivity contribution < 1.29 is 0 Å². The van der Waals surface area contributed by atoms with Crippen LogP contribution in [0.2, 0.25) is 0 Å². The van der Waals surface area contributed by atoms with Crippen molar-refractivity contribution in [1.82, 2.24) is 9.80 Å². The molecule has 1 aliphatic carbocycles. The Morgan fingerprint density at radius 2 is 1.76 bits per heavy atom. The maximum Gasteiger partial charge on any atom is 0.0427 e. The second-order valence-electron chi connectivity index (χ2n) is 7.01. The first-order valence-electron chi connectivity index (χ1n) is 8.39. The van der Waals surface area contributed by atoms with Crippen molar-refractivity contribution in [3.05, 3.63) is 34.9 Å². The Morgan fingerprint density at radius 1 is 1.10 bits per heavy atom. The molecule has 21 heavy (non-hydrogen) atoms. The molecule has 1 aliphatic heterocycles. The van der Waals surface area contributed by atoms with Crippen molar-refractivity contribution in [3.63, 3.8) is 0 Å². The summed E-state index contributed by atoms with van der Waals surface area (Å²) in [7, 11) is 0. The standard InChI is InChI=1S/C18H29N3/c1-14-3-4-15(2)17(11-14)18(19)13-21-9-7-20(8-10-21)12-16-5-6-16/h3-4,11,16,18H,5-10,12-13,19H2,1-2H3. The van der Waals surface area contributed by atoms with Crippen molar-refractivity contribution in [1.29, 1.82) is 0 Å². The molecule has 0 spiro atoms. The van der Waals surface area contributed by atoms with Gasteiger partial charge in [-0.05, 0) is 43.7 Å². The molecule has 3 heteroatoms. The normalized spacial score (nSPS) is 22.4. The van der Waals surface area contributed by atoms with Gasteiger partial charge in [-0.1, -0.05) is 23.8 Å². The summed E-state index contributed by atoms with van der Waals surface area (Å²) in [5, 5.41) is 0. The number of rotatable bonds is 5. The lowest BCUT2D eigenvalue weighted by Gasteiger charge is -2.36. The summed E-state index contributed by atoms with van der Waals surface area (Å²) in [6, 6.07) is 6.75. The molecule has 1 saturated carbocycles. The molecule has 1 saturated heterocycles. The first-order chi connectivity index (χ1) is 10.1. The van der Waals surface area contributed by atoms with E-state index in [1.54, 1.807) is 0 Å². The van der Waals surface area contributed by atoms with E-state index in [1.807, 2.05) is 0 Å². The number of piperazine rings is 1. The maximum absolute atomic E-state index is 6.47. The van der Waals surface area contributed by atoms with E-state index in [0.717, 1.165) is 12.5 Å². The Hall–Kier alpha value is -0.900. The van der Waals surface area contributed by atoms with Gasteiger partial charge in [0, 0.05) is 45.3 Å². The van der Waals surface area contributed by atoms with E-state index in [1.165, 1.54) is 62.3 Å². The van der Waals surface area contributed by atoms with Crippen LogP contribution in [0, 0.1) is 19.8 Å². The van der Waals surface area contributed by atoms with E-state index in [-0.39, 0.29) is 6.04 Å². The molecular weight excluding hydrogens is 258 g/mol. The Bertz CT molecular complexity index is 473. The SMILES string of the molecule is Cc1ccc(C)c(C(N)CN2CCN(CC3CC3)CC2)c1. The van der Waals surface area contributed by atoms with E-state index in [0.29, 0.717) is 0 Å². The lowest BCUT2D eigenvalue weighted by molar-refractivity contribution is 0.123. The van der Waals surface area contributed by atoms with Crippen LogP contribution in [-0.2, 0) is 0 Å². The van der Waals surface area contributed by atoms with Gasteiger partial charge in [-0.25, -0.2) is 0 Å². The number of benzene rings is 1. The van der Waals surface area contributed by atoms with E-state index in [2.05, 4.69) is 41.8 Å². The highest BCUT2D eigenvalue weighted by molar-refractivity contribution is 5.33. The molecule has 1 unspecified atom stereocenters. The lowest BCUT2D eigenvalue weighted by Crippen LogP contribution is -2.48. The molecule has 0 amide bonds. The molecule has 2 aliphatic rings. The fourth-order valence-corrected chi connectivity index (χ4v) is 3.36. The molecule has 0 radical (unpaired) electrons. The van der Waals surface area contributed by atoms with Gasteiger partial charge in [0.05, 0.1) is 0 Å². The monoisotopic (exact) mass is 287 g/mol. The third-order valence-corrected chi connectivity index (χ3v) is 4.97. The van der Waals surface area contributed by atoms with Crippen LogP contribution >= 0.6 is 0 Å². The van der Waals surface area contributed by atoms with Crippen LogP contribution in [0.4, 0.5) is 0 Å². The number of nitrogens with zero attached hydrogens (tertiary/aromatic N) is 2. The molecule has 116 valence electrons. The predicted molar refractivity (Wildman–Crippen MR) is 88.4 cm³/mol. The molecule has 1 aromatic carbocycles. The summed E-state index contributed by atoms with van der Waals surface area (Å²) >= 11 is 0. The fourth-order valence-electron chi connectivity index (χ4n) is 3.36. The smallest absolute Gasteiger partial charge is 0.0427 e. The zero-order chi connectivity index (χ0) is 14.8. The number of hydrogen-bond acceptors (Lipinski definition) is 3. The molecule has 2 N–H and O–H groups in total. The topological polar surface area (TPSA) is 32.5 Å². The molecule has 0 bridgehead atoms. The zero-order valence-corrected chi connectivity index (χ0v) is 13.5. The van der Waals surface area contributed by atoms with Crippen molar-refractivity contribution in [2.45, 2.75) is 32.7 Å². The molecule has 1 aromatic rings. The van der Waals surface area contributed by atoms with Crippen LogP contribution < -0.4 is 5.73 Å². The first-order valence-corrected chi connectivity index (χ1v) is 8.39. The van der Waals surface area contributed by atoms with Gasteiger partial charge in [0.1, 0.15) is 0 Å². The maximum atomic E-state index is 6.47. The van der Waals surface area contributed by atoms with Crippen molar-refractivity contribution in [2.75, 3.05) is 39.3 Å². The van der Waals surface area contributed by atoms with Gasteiger partial charge in [0.25, 0.3) is 0 Å². The van der Waals surface area contributed by atoms with E-state index in [4.69, 9.17) is 5.73 Å². The second-order valence-corrected chi connectivity index (χ2v) is 7.01. The minimum Gasteiger partial charge on any atom is -0.323 e. The van der Waals surface area contributed by atoms with Gasteiger partial charge >= 0.3 is 0 Å². The summed E-state index contributed by atoms with van der Waals surface area (Å²) in [6.45, 7) is 11.4. The molecule has 3 rings (SSSR count). The lowest BCUT2D eigenvalue weighted by atomic mass is 9.99.